The number of fused-ring (bicyclic) bond motifs is 2. The van der Waals surface area contributed by atoms with E-state index in [0.29, 0.717) is 33.4 Å². The van der Waals surface area contributed by atoms with Crippen molar-refractivity contribution in [2.24, 2.45) is 0 Å². The molecule has 1 aliphatic rings. The fraction of sp³-hybridized carbons (Fsp3) is 0.320. The molecule has 0 N–H and O–H groups in total. The average Bonchev–Trinajstić information content (AvgIpc) is 3.16. The van der Waals surface area contributed by atoms with Crippen molar-refractivity contribution >= 4 is 21.9 Å². The average molecular weight is 390 g/mol. The minimum Gasteiger partial charge on any atom is -0.483 e. The first-order valence-corrected chi connectivity index (χ1v) is 10.0. The zero-order chi connectivity index (χ0) is 20.6. The third-order valence-corrected chi connectivity index (χ3v) is 5.63. The first kappa shape index (κ1) is 19.3. The summed E-state index contributed by atoms with van der Waals surface area (Å²) in [6.45, 7) is 11.6. The molecule has 150 valence electrons. The molecular formula is C25H26O4. The molecule has 1 aliphatic carbocycles. The molecule has 4 heteroatoms. The summed E-state index contributed by atoms with van der Waals surface area (Å²) in [5, 5.41) is 0.929. The number of benzene rings is 2. The van der Waals surface area contributed by atoms with Crippen LogP contribution in [0.5, 0.6) is 11.5 Å². The Balaban J connectivity index is 1.94. The van der Waals surface area contributed by atoms with E-state index in [2.05, 4.69) is 13.2 Å². The van der Waals surface area contributed by atoms with Crippen molar-refractivity contribution in [3.63, 3.8) is 0 Å². The number of rotatable bonds is 6. The maximum Gasteiger partial charge on any atom is 0.204 e. The van der Waals surface area contributed by atoms with Crippen LogP contribution >= 0.6 is 0 Å². The Morgan fingerprint density at radius 1 is 1.10 bits per heavy atom. The molecule has 0 spiro atoms. The third-order valence-electron chi connectivity index (χ3n) is 5.63. The molecule has 29 heavy (non-hydrogen) atoms. The van der Waals surface area contributed by atoms with Gasteiger partial charge in [0.15, 0.2) is 0 Å². The highest BCUT2D eigenvalue weighted by atomic mass is 16.5. The molecule has 1 fully saturated rings. The van der Waals surface area contributed by atoms with Crippen LogP contribution in [0.1, 0.15) is 39.5 Å². The summed E-state index contributed by atoms with van der Waals surface area (Å²) in [7, 11) is 0. The van der Waals surface area contributed by atoms with Gasteiger partial charge in [-0.1, -0.05) is 25.3 Å². The van der Waals surface area contributed by atoms with Gasteiger partial charge in [-0.2, -0.15) is 0 Å². The number of hydrogen-bond donors (Lipinski definition) is 0. The van der Waals surface area contributed by atoms with Gasteiger partial charge in [-0.3, -0.25) is 4.79 Å². The summed E-state index contributed by atoms with van der Waals surface area (Å²) >= 11 is 0. The molecule has 0 atom stereocenters. The lowest BCUT2D eigenvalue weighted by Crippen LogP contribution is -2.30. The predicted octanol–water partition coefficient (Wildman–Crippen LogP) is 6.17. The molecule has 0 aliphatic heterocycles. The highest BCUT2D eigenvalue weighted by Crippen LogP contribution is 2.39. The molecule has 0 saturated heterocycles. The molecule has 0 amide bonds. The highest BCUT2D eigenvalue weighted by Gasteiger charge is 2.33. The largest absolute Gasteiger partial charge is 0.483 e. The van der Waals surface area contributed by atoms with Crippen LogP contribution in [0.15, 0.2) is 70.9 Å². The van der Waals surface area contributed by atoms with Gasteiger partial charge in [0.25, 0.3) is 0 Å². The molecule has 1 aromatic heterocycles. The predicted molar refractivity (Wildman–Crippen MR) is 117 cm³/mol. The molecule has 1 saturated carbocycles. The van der Waals surface area contributed by atoms with E-state index in [1.54, 1.807) is 30.3 Å². The Bertz CT molecular complexity index is 1150. The van der Waals surface area contributed by atoms with Crippen molar-refractivity contribution < 1.29 is 13.9 Å². The molecule has 0 radical (unpaired) electrons. The van der Waals surface area contributed by atoms with E-state index in [4.69, 9.17) is 13.9 Å². The first-order chi connectivity index (χ1) is 13.9. The molecule has 0 bridgehead atoms. The van der Waals surface area contributed by atoms with Crippen LogP contribution in [0, 0.1) is 0 Å². The van der Waals surface area contributed by atoms with Crippen molar-refractivity contribution in [1.29, 1.82) is 0 Å². The molecule has 3 aromatic rings. The lowest BCUT2D eigenvalue weighted by Gasteiger charge is -2.28. The second kappa shape index (κ2) is 7.11. The van der Waals surface area contributed by atoms with Gasteiger partial charge in [0, 0.05) is 12.1 Å². The zero-order valence-electron chi connectivity index (χ0n) is 17.0. The first-order valence-electron chi connectivity index (χ1n) is 10.0. The van der Waals surface area contributed by atoms with Crippen LogP contribution < -0.4 is 14.9 Å². The quantitative estimate of drug-likeness (QED) is 0.373. The van der Waals surface area contributed by atoms with Crippen LogP contribution in [0.4, 0.5) is 0 Å². The smallest absolute Gasteiger partial charge is 0.204 e. The minimum atomic E-state index is -0.660. The van der Waals surface area contributed by atoms with Gasteiger partial charge in [0.05, 0.1) is 5.39 Å². The summed E-state index contributed by atoms with van der Waals surface area (Å²) in [4.78, 5) is 13.2. The van der Waals surface area contributed by atoms with E-state index in [0.717, 1.165) is 25.7 Å². The summed E-state index contributed by atoms with van der Waals surface area (Å²) < 4.78 is 18.6. The van der Waals surface area contributed by atoms with Crippen molar-refractivity contribution in [1.82, 2.24) is 0 Å². The fourth-order valence-corrected chi connectivity index (χ4v) is 3.89. The number of ether oxygens (including phenoxy) is 2. The maximum absolute atomic E-state index is 13.2. The SMILES string of the molecule is C=CC(C)(C)Oc1cc(OC2(C=C)CCCC2)cc2oc3ccccc3c(=O)c12. The second-order valence-corrected chi connectivity index (χ2v) is 8.21. The Morgan fingerprint density at radius 3 is 2.52 bits per heavy atom. The number of hydrogen-bond acceptors (Lipinski definition) is 4. The molecule has 1 heterocycles. The van der Waals surface area contributed by atoms with E-state index in [-0.39, 0.29) is 5.43 Å². The minimum absolute atomic E-state index is 0.123. The molecule has 4 rings (SSSR count). The Labute approximate surface area is 170 Å². The van der Waals surface area contributed by atoms with Gasteiger partial charge in [-0.15, -0.1) is 0 Å². The van der Waals surface area contributed by atoms with Crippen molar-refractivity contribution in [2.45, 2.75) is 50.7 Å². The monoisotopic (exact) mass is 390 g/mol. The van der Waals surface area contributed by atoms with E-state index in [1.165, 1.54) is 0 Å². The second-order valence-electron chi connectivity index (χ2n) is 8.21. The van der Waals surface area contributed by atoms with E-state index >= 15 is 0 Å². The third kappa shape index (κ3) is 3.55. The zero-order valence-corrected chi connectivity index (χ0v) is 17.0. The Morgan fingerprint density at radius 2 is 1.83 bits per heavy atom. The molecule has 2 aromatic carbocycles. The lowest BCUT2D eigenvalue weighted by atomic mass is 10.0. The Kier molecular flexibility index (Phi) is 4.73. The van der Waals surface area contributed by atoms with Gasteiger partial charge >= 0.3 is 0 Å². The van der Waals surface area contributed by atoms with E-state index in [1.807, 2.05) is 32.1 Å². The number of para-hydroxylation sites is 1. The molecule has 4 nitrogen and oxygen atoms in total. The molecule has 0 unspecified atom stereocenters. The lowest BCUT2D eigenvalue weighted by molar-refractivity contribution is 0.126. The summed E-state index contributed by atoms with van der Waals surface area (Å²) in [5.74, 6) is 1.03. The summed E-state index contributed by atoms with van der Waals surface area (Å²) in [6, 6.07) is 10.8. The van der Waals surface area contributed by atoms with Crippen molar-refractivity contribution in [2.75, 3.05) is 0 Å². The van der Waals surface area contributed by atoms with Crippen molar-refractivity contribution in [3.8, 4) is 11.5 Å². The van der Waals surface area contributed by atoms with Crippen LogP contribution in [0.25, 0.3) is 21.9 Å². The van der Waals surface area contributed by atoms with Crippen LogP contribution in [0.2, 0.25) is 0 Å². The van der Waals surface area contributed by atoms with Crippen molar-refractivity contribution in [3.05, 3.63) is 71.9 Å². The Hall–Kier alpha value is -3.01. The van der Waals surface area contributed by atoms with E-state index < -0.39 is 11.2 Å². The van der Waals surface area contributed by atoms with Crippen LogP contribution in [-0.4, -0.2) is 11.2 Å². The van der Waals surface area contributed by atoms with E-state index in [9.17, 15) is 4.79 Å². The molecular weight excluding hydrogens is 364 g/mol. The topological polar surface area (TPSA) is 48.7 Å². The summed E-state index contributed by atoms with van der Waals surface area (Å²) in [5.41, 5.74) is -0.195. The van der Waals surface area contributed by atoms with Crippen LogP contribution in [-0.2, 0) is 0 Å². The maximum atomic E-state index is 13.2. The van der Waals surface area contributed by atoms with Gasteiger partial charge in [0.1, 0.15) is 39.3 Å². The van der Waals surface area contributed by atoms with Gasteiger partial charge in [-0.25, -0.2) is 0 Å². The highest BCUT2D eigenvalue weighted by molar-refractivity contribution is 5.94. The summed E-state index contributed by atoms with van der Waals surface area (Å²) in [6.07, 6.45) is 7.64. The van der Waals surface area contributed by atoms with Gasteiger partial charge < -0.3 is 13.9 Å². The normalized spacial score (nSPS) is 16.1. The van der Waals surface area contributed by atoms with Gasteiger partial charge in [-0.05, 0) is 63.8 Å². The van der Waals surface area contributed by atoms with Gasteiger partial charge in [0.2, 0.25) is 5.43 Å². The van der Waals surface area contributed by atoms with Crippen LogP contribution in [0.3, 0.4) is 0 Å². The fourth-order valence-electron chi connectivity index (χ4n) is 3.89. The standard InChI is InChI=1S/C25H26O4/c1-5-24(3,4)29-21-16-17(28-25(6-2)13-9-10-14-25)15-20-22(21)23(26)18-11-7-8-12-19(18)27-20/h5-8,11-12,15-16H,1-2,9-10,13-14H2,3-4H3.